The average molecular weight is 497 g/mol. The Hall–Kier alpha value is -0.770. The topological polar surface area (TPSA) is 58.1 Å². The molecule has 0 radical (unpaired) electrons. The van der Waals surface area contributed by atoms with E-state index in [-0.39, 0.29) is 24.0 Å². The van der Waals surface area contributed by atoms with E-state index in [9.17, 15) is 0 Å². The summed E-state index contributed by atoms with van der Waals surface area (Å²) in [7, 11) is 1.65. The largest absolute Gasteiger partial charge is 0.496 e. The van der Waals surface area contributed by atoms with Crippen LogP contribution < -0.4 is 15.4 Å². The number of hydrogen-bond acceptors (Lipinski definition) is 4. The van der Waals surface area contributed by atoms with Gasteiger partial charge in [0.25, 0.3) is 0 Å². The second-order valence-corrected chi connectivity index (χ2v) is 6.47. The molecular weight excluding hydrogens is 467 g/mol. The highest BCUT2D eigenvalue weighted by Gasteiger charge is 2.17. The normalized spacial score (nSPS) is 16.5. The molecule has 1 saturated heterocycles. The summed E-state index contributed by atoms with van der Waals surface area (Å²) >= 11 is 6.01. The third-order valence-electron chi connectivity index (χ3n) is 4.23. The van der Waals surface area contributed by atoms with Gasteiger partial charge in [0, 0.05) is 42.8 Å². The molecule has 1 aliphatic heterocycles. The summed E-state index contributed by atoms with van der Waals surface area (Å²) in [6.45, 7) is 10.1. The molecular formula is C18H30ClIN4O2. The zero-order chi connectivity index (χ0) is 18.1. The Balaban J connectivity index is 0.00000338. The number of halogens is 2. The van der Waals surface area contributed by atoms with E-state index >= 15 is 0 Å². The fraction of sp³-hybridized carbons (Fsp3) is 0.611. The van der Waals surface area contributed by atoms with Gasteiger partial charge in [-0.1, -0.05) is 17.7 Å². The molecule has 6 nitrogen and oxygen atoms in total. The summed E-state index contributed by atoms with van der Waals surface area (Å²) < 4.78 is 10.8. The SMILES string of the molecule is CCNC(=NCc1ccc(Cl)cc1OC)NCC(C)N1CCOCC1.I. The van der Waals surface area contributed by atoms with Crippen molar-refractivity contribution in [3.8, 4) is 5.75 Å². The van der Waals surface area contributed by atoms with E-state index in [1.807, 2.05) is 18.2 Å². The van der Waals surface area contributed by atoms with Crippen molar-refractivity contribution in [2.24, 2.45) is 4.99 Å². The van der Waals surface area contributed by atoms with E-state index in [1.165, 1.54) is 0 Å². The van der Waals surface area contributed by atoms with Crippen LogP contribution in [-0.4, -0.2) is 63.4 Å². The molecule has 0 amide bonds. The average Bonchev–Trinajstić information content (AvgIpc) is 2.65. The predicted molar refractivity (Wildman–Crippen MR) is 118 cm³/mol. The summed E-state index contributed by atoms with van der Waals surface area (Å²) in [6.07, 6.45) is 0. The number of guanidine groups is 1. The quantitative estimate of drug-likeness (QED) is 0.345. The van der Waals surface area contributed by atoms with Gasteiger partial charge in [0.2, 0.25) is 0 Å². The number of nitrogens with zero attached hydrogens (tertiary/aromatic N) is 2. The van der Waals surface area contributed by atoms with Gasteiger partial charge in [-0.15, -0.1) is 24.0 Å². The molecule has 2 N–H and O–H groups in total. The van der Waals surface area contributed by atoms with Gasteiger partial charge >= 0.3 is 0 Å². The number of morpholine rings is 1. The second-order valence-electron chi connectivity index (χ2n) is 6.03. The zero-order valence-electron chi connectivity index (χ0n) is 15.8. The van der Waals surface area contributed by atoms with Crippen LogP contribution in [0.2, 0.25) is 5.02 Å². The molecule has 1 fully saturated rings. The molecule has 0 aromatic heterocycles. The number of ether oxygens (including phenoxy) is 2. The van der Waals surface area contributed by atoms with Crippen LogP contribution in [0.1, 0.15) is 19.4 Å². The first-order valence-electron chi connectivity index (χ1n) is 8.80. The van der Waals surface area contributed by atoms with Crippen LogP contribution in [0.4, 0.5) is 0 Å². The van der Waals surface area contributed by atoms with E-state index in [4.69, 9.17) is 21.1 Å². The minimum atomic E-state index is 0. The molecule has 1 unspecified atom stereocenters. The van der Waals surface area contributed by atoms with E-state index in [1.54, 1.807) is 7.11 Å². The van der Waals surface area contributed by atoms with Crippen molar-refractivity contribution in [1.82, 2.24) is 15.5 Å². The van der Waals surface area contributed by atoms with Crippen LogP contribution in [0, 0.1) is 0 Å². The summed E-state index contributed by atoms with van der Waals surface area (Å²) in [4.78, 5) is 7.10. The number of aliphatic imine (C=N–C) groups is 1. The standard InChI is InChI=1S/C18H29ClN4O2.HI/c1-4-20-18(21-12-14(2)23-7-9-25-10-8-23)22-13-15-5-6-16(19)11-17(15)24-3;/h5-6,11,14H,4,7-10,12-13H2,1-3H3,(H2,20,21,22);1H. The first kappa shape index (κ1) is 23.3. The van der Waals surface area contributed by atoms with Crippen molar-refractivity contribution in [1.29, 1.82) is 0 Å². The Bertz CT molecular complexity index is 568. The molecule has 0 saturated carbocycles. The third-order valence-corrected chi connectivity index (χ3v) is 4.47. The fourth-order valence-corrected chi connectivity index (χ4v) is 2.91. The van der Waals surface area contributed by atoms with Crippen molar-refractivity contribution in [3.05, 3.63) is 28.8 Å². The second kappa shape index (κ2) is 12.6. The smallest absolute Gasteiger partial charge is 0.191 e. The highest BCUT2D eigenvalue weighted by molar-refractivity contribution is 14.0. The van der Waals surface area contributed by atoms with Gasteiger partial charge in [-0.3, -0.25) is 4.90 Å². The molecule has 1 heterocycles. The maximum Gasteiger partial charge on any atom is 0.191 e. The van der Waals surface area contributed by atoms with E-state index in [2.05, 4.69) is 34.4 Å². The Morgan fingerprint density at radius 1 is 1.35 bits per heavy atom. The molecule has 148 valence electrons. The summed E-state index contributed by atoms with van der Waals surface area (Å²) in [5.41, 5.74) is 1.00. The molecule has 1 aromatic rings. The monoisotopic (exact) mass is 496 g/mol. The lowest BCUT2D eigenvalue weighted by molar-refractivity contribution is 0.0211. The molecule has 0 bridgehead atoms. The number of benzene rings is 1. The number of rotatable bonds is 7. The first-order chi connectivity index (χ1) is 12.1. The molecule has 26 heavy (non-hydrogen) atoms. The van der Waals surface area contributed by atoms with Crippen molar-refractivity contribution in [2.45, 2.75) is 26.4 Å². The lowest BCUT2D eigenvalue weighted by Crippen LogP contribution is -2.49. The van der Waals surface area contributed by atoms with Gasteiger partial charge in [-0.2, -0.15) is 0 Å². The lowest BCUT2D eigenvalue weighted by atomic mass is 10.2. The van der Waals surface area contributed by atoms with Crippen molar-refractivity contribution in [3.63, 3.8) is 0 Å². The Morgan fingerprint density at radius 2 is 2.08 bits per heavy atom. The van der Waals surface area contributed by atoms with Gasteiger partial charge in [-0.25, -0.2) is 4.99 Å². The zero-order valence-corrected chi connectivity index (χ0v) is 18.8. The maximum absolute atomic E-state index is 6.01. The van der Waals surface area contributed by atoms with Crippen LogP contribution in [0.5, 0.6) is 5.75 Å². The number of hydrogen-bond donors (Lipinski definition) is 2. The number of methoxy groups -OCH3 is 1. The molecule has 1 atom stereocenters. The van der Waals surface area contributed by atoms with Crippen LogP contribution in [0.15, 0.2) is 23.2 Å². The van der Waals surface area contributed by atoms with Crippen molar-refractivity contribution >= 4 is 41.5 Å². The Kier molecular flexibility index (Phi) is 11.3. The lowest BCUT2D eigenvalue weighted by Gasteiger charge is -2.32. The fourth-order valence-electron chi connectivity index (χ4n) is 2.75. The van der Waals surface area contributed by atoms with Crippen molar-refractivity contribution < 1.29 is 9.47 Å². The predicted octanol–water partition coefficient (Wildman–Crippen LogP) is 2.74. The summed E-state index contributed by atoms with van der Waals surface area (Å²) in [6, 6.07) is 6.05. The molecule has 1 aromatic carbocycles. The van der Waals surface area contributed by atoms with E-state index in [0.717, 1.165) is 56.7 Å². The van der Waals surface area contributed by atoms with Crippen molar-refractivity contribution in [2.75, 3.05) is 46.5 Å². The molecule has 2 rings (SSSR count). The Morgan fingerprint density at radius 3 is 2.73 bits per heavy atom. The van der Waals surface area contributed by atoms with Crippen LogP contribution >= 0.6 is 35.6 Å². The summed E-state index contributed by atoms with van der Waals surface area (Å²) in [5, 5.41) is 7.38. The van der Waals surface area contributed by atoms with Crippen LogP contribution in [-0.2, 0) is 11.3 Å². The highest BCUT2D eigenvalue weighted by Crippen LogP contribution is 2.23. The van der Waals surface area contributed by atoms with E-state index in [0.29, 0.717) is 17.6 Å². The molecule has 1 aliphatic rings. The van der Waals surface area contributed by atoms with Gasteiger partial charge < -0.3 is 20.1 Å². The third kappa shape index (κ3) is 7.46. The van der Waals surface area contributed by atoms with Crippen LogP contribution in [0.25, 0.3) is 0 Å². The minimum absolute atomic E-state index is 0. The van der Waals surface area contributed by atoms with E-state index < -0.39 is 0 Å². The Labute approximate surface area is 178 Å². The number of nitrogens with one attached hydrogen (secondary N) is 2. The van der Waals surface area contributed by atoms with Gasteiger partial charge in [0.15, 0.2) is 5.96 Å². The van der Waals surface area contributed by atoms with Gasteiger partial charge in [-0.05, 0) is 26.0 Å². The maximum atomic E-state index is 6.01. The van der Waals surface area contributed by atoms with Gasteiger partial charge in [0.05, 0.1) is 26.9 Å². The highest BCUT2D eigenvalue weighted by atomic mass is 127. The molecule has 8 heteroatoms. The molecule has 0 spiro atoms. The van der Waals surface area contributed by atoms with Crippen LogP contribution in [0.3, 0.4) is 0 Å². The first-order valence-corrected chi connectivity index (χ1v) is 9.18. The summed E-state index contributed by atoms with van der Waals surface area (Å²) in [5.74, 6) is 1.56. The van der Waals surface area contributed by atoms with Gasteiger partial charge in [0.1, 0.15) is 5.75 Å². The molecule has 0 aliphatic carbocycles. The minimum Gasteiger partial charge on any atom is -0.496 e.